The highest BCUT2D eigenvalue weighted by Crippen LogP contribution is 2.41. The molecule has 2 aliphatic rings. The first-order chi connectivity index (χ1) is 6.27. The number of esters is 1. The van der Waals surface area contributed by atoms with Crippen molar-refractivity contribution >= 4 is 5.97 Å². The van der Waals surface area contributed by atoms with E-state index in [1.165, 1.54) is 45.9 Å². The van der Waals surface area contributed by atoms with E-state index in [4.69, 9.17) is 4.74 Å². The summed E-state index contributed by atoms with van der Waals surface area (Å²) < 4.78 is 4.75. The molecular formula is C10H17NO2. The number of hydrogen-bond donors (Lipinski definition) is 0. The quantitative estimate of drug-likeness (QED) is 0.602. The molecule has 0 aromatic heterocycles. The smallest absolute Gasteiger partial charge is 0.307 e. The second kappa shape index (κ2) is 3.29. The molecule has 2 saturated heterocycles. The minimum absolute atomic E-state index is 0.0474. The average Bonchev–Trinajstić information content (AvgIpc) is 2.62. The highest BCUT2D eigenvalue weighted by atomic mass is 16.5. The number of nitrogens with zero attached hydrogens (tertiary/aromatic N) is 1. The van der Waals surface area contributed by atoms with Gasteiger partial charge in [0, 0.05) is 5.54 Å². The van der Waals surface area contributed by atoms with Crippen LogP contribution in [0.1, 0.15) is 32.1 Å². The molecule has 74 valence electrons. The van der Waals surface area contributed by atoms with Gasteiger partial charge >= 0.3 is 5.97 Å². The van der Waals surface area contributed by atoms with Crippen molar-refractivity contribution in [3.8, 4) is 0 Å². The van der Waals surface area contributed by atoms with Gasteiger partial charge in [-0.15, -0.1) is 0 Å². The molecule has 0 saturated carbocycles. The molecule has 0 aliphatic carbocycles. The van der Waals surface area contributed by atoms with Crippen LogP contribution in [-0.4, -0.2) is 36.6 Å². The van der Waals surface area contributed by atoms with E-state index in [0.29, 0.717) is 6.42 Å². The number of carbonyl (C=O) groups is 1. The summed E-state index contributed by atoms with van der Waals surface area (Å²) in [6.45, 7) is 2.36. The largest absolute Gasteiger partial charge is 0.469 e. The van der Waals surface area contributed by atoms with E-state index in [2.05, 4.69) is 4.90 Å². The van der Waals surface area contributed by atoms with Gasteiger partial charge in [-0.25, -0.2) is 0 Å². The Labute approximate surface area is 79.0 Å². The molecule has 0 radical (unpaired) electrons. The van der Waals surface area contributed by atoms with Crippen LogP contribution in [0.2, 0.25) is 0 Å². The normalized spacial score (nSPS) is 25.9. The second-order valence-corrected chi connectivity index (χ2v) is 4.17. The zero-order chi connectivity index (χ0) is 9.31. The molecule has 0 N–H and O–H groups in total. The van der Waals surface area contributed by atoms with Gasteiger partial charge in [-0.1, -0.05) is 0 Å². The summed E-state index contributed by atoms with van der Waals surface area (Å²) in [6, 6.07) is 0. The van der Waals surface area contributed by atoms with Gasteiger partial charge in [0.25, 0.3) is 0 Å². The molecule has 2 rings (SSSR count). The Hall–Kier alpha value is -0.570. The number of rotatable bonds is 2. The molecule has 0 unspecified atom stereocenters. The molecule has 0 amide bonds. The Kier molecular flexibility index (Phi) is 2.28. The third-order valence-electron chi connectivity index (χ3n) is 3.51. The fourth-order valence-electron chi connectivity index (χ4n) is 2.85. The standard InChI is InChI=1S/C10H17NO2/c1-13-9(12)8-10-4-2-6-11(10)7-3-5-10/h2-8H2,1H3. The second-order valence-electron chi connectivity index (χ2n) is 4.17. The van der Waals surface area contributed by atoms with Crippen molar-refractivity contribution in [2.45, 2.75) is 37.6 Å². The Balaban J connectivity index is 2.05. The van der Waals surface area contributed by atoms with Crippen LogP contribution in [-0.2, 0) is 9.53 Å². The minimum atomic E-state index is -0.0474. The lowest BCUT2D eigenvalue weighted by atomic mass is 9.90. The predicted octanol–water partition coefficient (Wildman–Crippen LogP) is 1.18. The summed E-state index contributed by atoms with van der Waals surface area (Å²) in [5.74, 6) is -0.0474. The fraction of sp³-hybridized carbons (Fsp3) is 0.900. The highest BCUT2D eigenvalue weighted by Gasteiger charge is 2.45. The van der Waals surface area contributed by atoms with Crippen LogP contribution in [0.5, 0.6) is 0 Å². The lowest BCUT2D eigenvalue weighted by Crippen LogP contribution is -2.40. The van der Waals surface area contributed by atoms with E-state index in [1.54, 1.807) is 0 Å². The van der Waals surface area contributed by atoms with Crippen molar-refractivity contribution < 1.29 is 9.53 Å². The van der Waals surface area contributed by atoms with Gasteiger partial charge < -0.3 is 4.74 Å². The van der Waals surface area contributed by atoms with Crippen LogP contribution < -0.4 is 0 Å². The van der Waals surface area contributed by atoms with Gasteiger partial charge in [-0.3, -0.25) is 9.69 Å². The monoisotopic (exact) mass is 183 g/mol. The first-order valence-corrected chi connectivity index (χ1v) is 5.09. The number of hydrogen-bond acceptors (Lipinski definition) is 3. The Morgan fingerprint density at radius 1 is 1.38 bits per heavy atom. The van der Waals surface area contributed by atoms with Crippen LogP contribution in [0.4, 0.5) is 0 Å². The number of ether oxygens (including phenoxy) is 1. The topological polar surface area (TPSA) is 29.5 Å². The summed E-state index contributed by atoms with van der Waals surface area (Å²) in [4.78, 5) is 13.7. The third-order valence-corrected chi connectivity index (χ3v) is 3.51. The van der Waals surface area contributed by atoms with E-state index in [0.717, 1.165) is 0 Å². The Bertz CT molecular complexity index is 205. The van der Waals surface area contributed by atoms with Crippen LogP contribution >= 0.6 is 0 Å². The van der Waals surface area contributed by atoms with Gasteiger partial charge in [0.15, 0.2) is 0 Å². The molecule has 13 heavy (non-hydrogen) atoms. The molecule has 0 bridgehead atoms. The average molecular weight is 183 g/mol. The van der Waals surface area contributed by atoms with Crippen LogP contribution in [0.3, 0.4) is 0 Å². The van der Waals surface area contributed by atoms with Crippen molar-refractivity contribution in [3.63, 3.8) is 0 Å². The zero-order valence-electron chi connectivity index (χ0n) is 8.21. The lowest BCUT2D eigenvalue weighted by Gasteiger charge is -2.30. The molecular weight excluding hydrogens is 166 g/mol. The van der Waals surface area contributed by atoms with Gasteiger partial charge in [-0.05, 0) is 38.8 Å². The summed E-state index contributed by atoms with van der Waals surface area (Å²) in [5, 5.41) is 0. The fourth-order valence-corrected chi connectivity index (χ4v) is 2.85. The maximum atomic E-state index is 11.3. The molecule has 0 atom stereocenters. The maximum Gasteiger partial charge on any atom is 0.307 e. The molecule has 2 fully saturated rings. The minimum Gasteiger partial charge on any atom is -0.469 e. The van der Waals surface area contributed by atoms with E-state index >= 15 is 0 Å². The Morgan fingerprint density at radius 2 is 2.00 bits per heavy atom. The molecule has 0 aromatic carbocycles. The zero-order valence-corrected chi connectivity index (χ0v) is 8.21. The SMILES string of the molecule is COC(=O)CC12CCCN1CCC2. The summed E-state index contributed by atoms with van der Waals surface area (Å²) >= 11 is 0. The third kappa shape index (κ3) is 1.46. The Morgan fingerprint density at radius 3 is 2.54 bits per heavy atom. The van der Waals surface area contributed by atoms with Crippen molar-refractivity contribution in [1.29, 1.82) is 0 Å². The van der Waals surface area contributed by atoms with E-state index in [-0.39, 0.29) is 11.5 Å². The summed E-state index contributed by atoms with van der Waals surface area (Å²) in [7, 11) is 1.48. The van der Waals surface area contributed by atoms with Crippen LogP contribution in [0.25, 0.3) is 0 Å². The van der Waals surface area contributed by atoms with Crippen LogP contribution in [0, 0.1) is 0 Å². The van der Waals surface area contributed by atoms with Crippen molar-refractivity contribution in [2.24, 2.45) is 0 Å². The number of fused-ring (bicyclic) bond motifs is 1. The van der Waals surface area contributed by atoms with E-state index in [1.807, 2.05) is 0 Å². The molecule has 3 nitrogen and oxygen atoms in total. The van der Waals surface area contributed by atoms with Gasteiger partial charge in [-0.2, -0.15) is 0 Å². The number of methoxy groups -OCH3 is 1. The maximum absolute atomic E-state index is 11.3. The van der Waals surface area contributed by atoms with Crippen molar-refractivity contribution in [1.82, 2.24) is 4.90 Å². The summed E-state index contributed by atoms with van der Waals surface area (Å²) in [6.07, 6.45) is 5.46. The molecule has 2 aliphatic heterocycles. The molecule has 3 heteroatoms. The molecule has 0 aromatic rings. The first-order valence-electron chi connectivity index (χ1n) is 5.09. The van der Waals surface area contributed by atoms with Gasteiger partial charge in [0.05, 0.1) is 13.5 Å². The van der Waals surface area contributed by atoms with Gasteiger partial charge in [0.2, 0.25) is 0 Å². The molecule has 0 spiro atoms. The van der Waals surface area contributed by atoms with E-state index in [9.17, 15) is 4.79 Å². The van der Waals surface area contributed by atoms with Crippen molar-refractivity contribution in [3.05, 3.63) is 0 Å². The van der Waals surface area contributed by atoms with Crippen molar-refractivity contribution in [2.75, 3.05) is 20.2 Å². The van der Waals surface area contributed by atoms with Crippen LogP contribution in [0.15, 0.2) is 0 Å². The predicted molar refractivity (Wildman–Crippen MR) is 49.4 cm³/mol. The molecule has 2 heterocycles. The summed E-state index contributed by atoms with van der Waals surface area (Å²) in [5.41, 5.74) is 0.188. The highest BCUT2D eigenvalue weighted by molar-refractivity contribution is 5.70. The van der Waals surface area contributed by atoms with Gasteiger partial charge in [0.1, 0.15) is 0 Å². The lowest BCUT2D eigenvalue weighted by molar-refractivity contribution is -0.143. The first kappa shape index (κ1) is 9.00. The van der Waals surface area contributed by atoms with E-state index < -0.39 is 0 Å². The number of carbonyl (C=O) groups excluding carboxylic acids is 1.